The third-order valence-corrected chi connectivity index (χ3v) is 9.27. The highest BCUT2D eigenvalue weighted by Crippen LogP contribution is 2.44. The molecule has 1 fully saturated rings. The Morgan fingerprint density at radius 3 is 2.24 bits per heavy atom. The second kappa shape index (κ2) is 7.19. The molecule has 1 aromatic heterocycles. The number of hydrogen-bond acceptors (Lipinski definition) is 5. The quantitative estimate of drug-likeness (QED) is 0.721. The smallest absolute Gasteiger partial charge is 0.213 e. The summed E-state index contributed by atoms with van der Waals surface area (Å²) in [5, 5.41) is 0. The molecule has 1 aromatic carbocycles. The second-order valence-electron chi connectivity index (χ2n) is 7.65. The SMILES string of the molecule is CCS(=O)(=O)N1CCC2(CC1)c1ncc(-c3ccccc3)n1CCN2S(C)(=O)=O. The van der Waals surface area contributed by atoms with Gasteiger partial charge < -0.3 is 4.57 Å². The molecule has 1 spiro atoms. The maximum atomic E-state index is 12.6. The molecule has 0 saturated carbocycles. The van der Waals surface area contributed by atoms with E-state index in [1.807, 2.05) is 30.3 Å². The van der Waals surface area contributed by atoms with Gasteiger partial charge in [-0.15, -0.1) is 0 Å². The Labute approximate surface area is 172 Å². The number of benzene rings is 1. The largest absolute Gasteiger partial charge is 0.325 e. The molecular weight excluding hydrogens is 412 g/mol. The van der Waals surface area contributed by atoms with E-state index in [0.717, 1.165) is 11.3 Å². The van der Waals surface area contributed by atoms with Crippen LogP contribution in [0.2, 0.25) is 0 Å². The summed E-state index contributed by atoms with van der Waals surface area (Å²) in [6.45, 7) is 3.07. The zero-order chi connectivity index (χ0) is 20.9. The molecule has 0 amide bonds. The summed E-state index contributed by atoms with van der Waals surface area (Å²) in [4.78, 5) is 4.67. The standard InChI is InChI=1S/C19H26N4O4S2/c1-3-29(26,27)21-11-9-19(10-12-21)18-20-15-17(16-7-5-4-6-8-16)22(18)13-14-23(19)28(2,24)25/h4-8,15H,3,9-14H2,1-2H3. The summed E-state index contributed by atoms with van der Waals surface area (Å²) in [6, 6.07) is 9.90. The molecule has 2 aliphatic heterocycles. The fourth-order valence-corrected chi connectivity index (χ4v) is 7.02. The maximum Gasteiger partial charge on any atom is 0.213 e. The van der Waals surface area contributed by atoms with Crippen LogP contribution >= 0.6 is 0 Å². The number of rotatable bonds is 4. The molecule has 0 N–H and O–H groups in total. The third-order valence-electron chi connectivity index (χ3n) is 6.05. The molecule has 0 aliphatic carbocycles. The topological polar surface area (TPSA) is 92.6 Å². The summed E-state index contributed by atoms with van der Waals surface area (Å²) in [5.74, 6) is 0.754. The first-order chi connectivity index (χ1) is 13.7. The van der Waals surface area contributed by atoms with Crippen LogP contribution in [-0.4, -0.2) is 66.6 Å². The first-order valence-corrected chi connectivity index (χ1v) is 13.2. The van der Waals surface area contributed by atoms with Gasteiger partial charge in [-0.05, 0) is 25.3 Å². The number of aromatic nitrogens is 2. The Morgan fingerprint density at radius 1 is 1.00 bits per heavy atom. The highest BCUT2D eigenvalue weighted by atomic mass is 32.2. The monoisotopic (exact) mass is 438 g/mol. The van der Waals surface area contributed by atoms with E-state index in [4.69, 9.17) is 0 Å². The van der Waals surface area contributed by atoms with Gasteiger partial charge in [-0.3, -0.25) is 0 Å². The molecule has 158 valence electrons. The zero-order valence-corrected chi connectivity index (χ0v) is 18.3. The van der Waals surface area contributed by atoms with E-state index < -0.39 is 25.6 Å². The predicted octanol–water partition coefficient (Wildman–Crippen LogP) is 1.47. The molecule has 3 heterocycles. The fourth-order valence-electron chi connectivity index (χ4n) is 4.60. The summed E-state index contributed by atoms with van der Waals surface area (Å²) < 4.78 is 55.0. The van der Waals surface area contributed by atoms with Crippen LogP contribution in [0.5, 0.6) is 0 Å². The minimum absolute atomic E-state index is 0.0442. The minimum atomic E-state index is -3.48. The van der Waals surface area contributed by atoms with Crippen LogP contribution in [0.15, 0.2) is 36.5 Å². The molecule has 0 atom stereocenters. The fraction of sp³-hybridized carbons (Fsp3) is 0.526. The summed E-state index contributed by atoms with van der Waals surface area (Å²) in [5.41, 5.74) is 1.16. The highest BCUT2D eigenvalue weighted by Gasteiger charge is 2.51. The van der Waals surface area contributed by atoms with E-state index in [0.29, 0.717) is 31.8 Å². The summed E-state index contributed by atoms with van der Waals surface area (Å²) in [7, 11) is -6.78. The van der Waals surface area contributed by atoms with Crippen molar-refractivity contribution < 1.29 is 16.8 Å². The lowest BCUT2D eigenvalue weighted by atomic mass is 9.86. The van der Waals surface area contributed by atoms with Crippen molar-refractivity contribution in [2.24, 2.45) is 0 Å². The average molecular weight is 439 g/mol. The van der Waals surface area contributed by atoms with Crippen molar-refractivity contribution >= 4 is 20.0 Å². The second-order valence-corrected chi connectivity index (χ2v) is 11.8. The molecular formula is C19H26N4O4S2. The van der Waals surface area contributed by atoms with Crippen LogP contribution in [0.1, 0.15) is 25.6 Å². The van der Waals surface area contributed by atoms with Gasteiger partial charge in [0.15, 0.2) is 0 Å². The zero-order valence-electron chi connectivity index (χ0n) is 16.7. The first kappa shape index (κ1) is 20.5. The predicted molar refractivity (Wildman–Crippen MR) is 111 cm³/mol. The molecule has 10 heteroatoms. The van der Waals surface area contributed by atoms with Gasteiger partial charge in [0.05, 0.1) is 29.4 Å². The summed E-state index contributed by atoms with van der Waals surface area (Å²) in [6.07, 6.45) is 3.81. The lowest BCUT2D eigenvalue weighted by Gasteiger charge is -2.49. The van der Waals surface area contributed by atoms with Crippen molar-refractivity contribution in [2.75, 3.05) is 31.6 Å². The molecule has 0 unspecified atom stereocenters. The molecule has 2 aliphatic rings. The van der Waals surface area contributed by atoms with Crippen molar-refractivity contribution in [1.82, 2.24) is 18.2 Å². The Balaban J connectivity index is 1.78. The van der Waals surface area contributed by atoms with Gasteiger partial charge >= 0.3 is 0 Å². The van der Waals surface area contributed by atoms with Crippen LogP contribution in [0.3, 0.4) is 0 Å². The molecule has 4 rings (SSSR count). The van der Waals surface area contributed by atoms with Gasteiger partial charge in [-0.2, -0.15) is 4.31 Å². The van der Waals surface area contributed by atoms with Gasteiger partial charge in [-0.25, -0.2) is 26.1 Å². The van der Waals surface area contributed by atoms with E-state index >= 15 is 0 Å². The van der Waals surface area contributed by atoms with E-state index in [9.17, 15) is 16.8 Å². The van der Waals surface area contributed by atoms with E-state index in [1.54, 1.807) is 13.1 Å². The molecule has 29 heavy (non-hydrogen) atoms. The average Bonchev–Trinajstić information content (AvgIpc) is 3.14. The van der Waals surface area contributed by atoms with Gasteiger partial charge in [0.2, 0.25) is 20.0 Å². The number of piperidine rings is 1. The molecule has 8 nitrogen and oxygen atoms in total. The highest BCUT2D eigenvalue weighted by molar-refractivity contribution is 7.89. The van der Waals surface area contributed by atoms with Crippen molar-refractivity contribution in [1.29, 1.82) is 0 Å². The number of nitrogens with zero attached hydrogens (tertiary/aromatic N) is 4. The van der Waals surface area contributed by atoms with Crippen molar-refractivity contribution in [3.8, 4) is 11.3 Å². The van der Waals surface area contributed by atoms with Crippen LogP contribution in [0.25, 0.3) is 11.3 Å². The normalized spacial score (nSPS) is 20.6. The Hall–Kier alpha value is -1.75. The van der Waals surface area contributed by atoms with Gasteiger partial charge in [0, 0.05) is 26.2 Å². The number of imidazole rings is 1. The van der Waals surface area contributed by atoms with Crippen LogP contribution in [0, 0.1) is 0 Å². The van der Waals surface area contributed by atoms with E-state index in [2.05, 4.69) is 9.55 Å². The number of sulfonamides is 2. The Morgan fingerprint density at radius 2 is 1.66 bits per heavy atom. The molecule has 1 saturated heterocycles. The van der Waals surface area contributed by atoms with Gasteiger partial charge in [0.1, 0.15) is 5.82 Å². The van der Waals surface area contributed by atoms with Crippen molar-refractivity contribution in [2.45, 2.75) is 31.8 Å². The van der Waals surface area contributed by atoms with Crippen molar-refractivity contribution in [3.63, 3.8) is 0 Å². The minimum Gasteiger partial charge on any atom is -0.325 e. The van der Waals surface area contributed by atoms with Gasteiger partial charge in [-0.1, -0.05) is 30.3 Å². The molecule has 0 bridgehead atoms. The lowest BCUT2D eigenvalue weighted by molar-refractivity contribution is 0.0744. The van der Waals surface area contributed by atoms with E-state index in [1.165, 1.54) is 14.9 Å². The van der Waals surface area contributed by atoms with Gasteiger partial charge in [0.25, 0.3) is 0 Å². The third kappa shape index (κ3) is 3.41. The van der Waals surface area contributed by atoms with Crippen LogP contribution in [-0.2, 0) is 32.1 Å². The van der Waals surface area contributed by atoms with Crippen molar-refractivity contribution in [3.05, 3.63) is 42.4 Å². The van der Waals surface area contributed by atoms with E-state index in [-0.39, 0.29) is 18.8 Å². The number of fused-ring (bicyclic) bond motifs is 2. The Kier molecular flexibility index (Phi) is 5.09. The van der Waals surface area contributed by atoms with Crippen LogP contribution < -0.4 is 0 Å². The lowest BCUT2D eigenvalue weighted by Crippen LogP contribution is -2.59. The maximum absolute atomic E-state index is 12.6. The Bertz CT molecular complexity index is 1100. The first-order valence-electron chi connectivity index (χ1n) is 9.76. The number of hydrogen-bond donors (Lipinski definition) is 0. The van der Waals surface area contributed by atoms with Crippen LogP contribution in [0.4, 0.5) is 0 Å². The summed E-state index contributed by atoms with van der Waals surface area (Å²) >= 11 is 0. The molecule has 0 radical (unpaired) electrons. The molecule has 2 aromatic rings.